The van der Waals surface area contributed by atoms with Gasteiger partial charge < -0.3 is 4.42 Å². The van der Waals surface area contributed by atoms with Crippen molar-refractivity contribution in [3.05, 3.63) is 206 Å². The highest BCUT2D eigenvalue weighted by molar-refractivity contribution is 6.27. The molecule has 0 saturated heterocycles. The molecule has 0 spiro atoms. The zero-order chi connectivity index (χ0) is 37.7. The molecule has 0 amide bonds. The average molecular weight is 727 g/mol. The standard InChI is InChI=1S/C54H34N2O/c1-3-15-37(16-4-1)52-45-24-11-10-23-44(45)51(46-31-30-35-14-7-9-22-43(35)53(46)52)38-28-26-36(27-29-38)47-34-48(56-54(55-47)39-17-5-2-6-18-39)40-20-13-21-41(32-40)50-33-42-19-8-12-25-49(42)57-50/h1-34H. The molecule has 0 radical (unpaired) electrons. The normalized spacial score (nSPS) is 11.5. The summed E-state index contributed by atoms with van der Waals surface area (Å²) in [6.45, 7) is 0. The molecule has 0 aliphatic rings. The third-order valence-corrected chi connectivity index (χ3v) is 11.1. The van der Waals surface area contributed by atoms with Gasteiger partial charge in [-0.1, -0.05) is 182 Å². The Kier molecular flexibility index (Phi) is 7.82. The lowest BCUT2D eigenvalue weighted by molar-refractivity contribution is 0.631. The van der Waals surface area contributed by atoms with Gasteiger partial charge in [-0.15, -0.1) is 0 Å². The zero-order valence-corrected chi connectivity index (χ0v) is 30.9. The third kappa shape index (κ3) is 5.76. The first-order chi connectivity index (χ1) is 28.2. The highest BCUT2D eigenvalue weighted by Gasteiger charge is 2.19. The smallest absolute Gasteiger partial charge is 0.160 e. The highest BCUT2D eigenvalue weighted by Crippen LogP contribution is 2.46. The topological polar surface area (TPSA) is 38.9 Å². The lowest BCUT2D eigenvalue weighted by atomic mass is 9.84. The summed E-state index contributed by atoms with van der Waals surface area (Å²) in [6.07, 6.45) is 0. The summed E-state index contributed by atoms with van der Waals surface area (Å²) in [5.74, 6) is 1.51. The van der Waals surface area contributed by atoms with Gasteiger partial charge in [-0.3, -0.25) is 0 Å². The van der Waals surface area contributed by atoms with Crippen molar-refractivity contribution in [2.24, 2.45) is 0 Å². The van der Waals surface area contributed by atoms with Gasteiger partial charge in [0.2, 0.25) is 0 Å². The van der Waals surface area contributed by atoms with E-state index in [9.17, 15) is 0 Å². The van der Waals surface area contributed by atoms with E-state index in [0.717, 1.165) is 55.9 Å². The molecule has 0 aliphatic carbocycles. The van der Waals surface area contributed by atoms with Crippen LogP contribution < -0.4 is 0 Å². The molecule has 3 heteroatoms. The summed E-state index contributed by atoms with van der Waals surface area (Å²) >= 11 is 0. The van der Waals surface area contributed by atoms with Crippen molar-refractivity contribution >= 4 is 43.3 Å². The Morgan fingerprint density at radius 3 is 1.63 bits per heavy atom. The van der Waals surface area contributed by atoms with Gasteiger partial charge >= 0.3 is 0 Å². The molecule has 0 atom stereocenters. The van der Waals surface area contributed by atoms with E-state index in [4.69, 9.17) is 14.4 Å². The Hall–Kier alpha value is -7.62. The second kappa shape index (κ2) is 13.6. The fourth-order valence-corrected chi connectivity index (χ4v) is 8.39. The number of rotatable bonds is 6. The Bertz CT molecular complexity index is 3240. The minimum Gasteiger partial charge on any atom is -0.456 e. The Morgan fingerprint density at radius 2 is 0.877 bits per heavy atom. The van der Waals surface area contributed by atoms with E-state index in [1.807, 2.05) is 36.4 Å². The molecule has 0 fully saturated rings. The van der Waals surface area contributed by atoms with Crippen molar-refractivity contribution in [2.75, 3.05) is 0 Å². The van der Waals surface area contributed by atoms with Crippen molar-refractivity contribution in [1.29, 1.82) is 0 Å². The van der Waals surface area contributed by atoms with Crippen LogP contribution in [0.25, 0.3) is 111 Å². The minimum absolute atomic E-state index is 0.682. The van der Waals surface area contributed by atoms with Gasteiger partial charge in [-0.2, -0.15) is 0 Å². The molecule has 9 aromatic carbocycles. The fraction of sp³-hybridized carbons (Fsp3) is 0. The lowest BCUT2D eigenvalue weighted by Crippen LogP contribution is -1.96. The largest absolute Gasteiger partial charge is 0.456 e. The van der Waals surface area contributed by atoms with Crippen LogP contribution in [0.1, 0.15) is 0 Å². The number of fused-ring (bicyclic) bond motifs is 5. The van der Waals surface area contributed by atoms with E-state index in [1.54, 1.807) is 0 Å². The number of nitrogens with zero attached hydrogens (tertiary/aromatic N) is 2. The van der Waals surface area contributed by atoms with Crippen LogP contribution >= 0.6 is 0 Å². The predicted molar refractivity (Wildman–Crippen MR) is 237 cm³/mol. The predicted octanol–water partition coefficient (Wildman–Crippen LogP) is 14.7. The van der Waals surface area contributed by atoms with Crippen molar-refractivity contribution in [3.8, 4) is 67.5 Å². The maximum Gasteiger partial charge on any atom is 0.160 e. The second-order valence-corrected chi connectivity index (χ2v) is 14.5. The van der Waals surface area contributed by atoms with Crippen molar-refractivity contribution in [3.63, 3.8) is 0 Å². The minimum atomic E-state index is 0.682. The van der Waals surface area contributed by atoms with Crippen LogP contribution in [0.3, 0.4) is 0 Å². The Labute approximate surface area is 330 Å². The van der Waals surface area contributed by atoms with Gasteiger partial charge in [0, 0.05) is 27.6 Å². The van der Waals surface area contributed by atoms with Gasteiger partial charge in [-0.05, 0) is 78.8 Å². The Morgan fingerprint density at radius 1 is 0.316 bits per heavy atom. The molecule has 57 heavy (non-hydrogen) atoms. The lowest BCUT2D eigenvalue weighted by Gasteiger charge is -2.19. The number of benzene rings is 9. The van der Waals surface area contributed by atoms with E-state index in [-0.39, 0.29) is 0 Å². The molecule has 11 aromatic rings. The van der Waals surface area contributed by atoms with Gasteiger partial charge in [0.15, 0.2) is 5.82 Å². The number of furan rings is 1. The summed E-state index contributed by atoms with van der Waals surface area (Å²) in [5.41, 5.74) is 11.4. The maximum absolute atomic E-state index is 6.25. The van der Waals surface area contributed by atoms with Crippen LogP contribution in [0, 0.1) is 0 Å². The van der Waals surface area contributed by atoms with Crippen LogP contribution in [0.4, 0.5) is 0 Å². The highest BCUT2D eigenvalue weighted by atomic mass is 16.3. The zero-order valence-electron chi connectivity index (χ0n) is 30.9. The van der Waals surface area contributed by atoms with Crippen LogP contribution in [0.2, 0.25) is 0 Å². The summed E-state index contributed by atoms with van der Waals surface area (Å²) in [7, 11) is 0. The van der Waals surface area contributed by atoms with Gasteiger partial charge in [-0.25, -0.2) is 9.97 Å². The quantitative estimate of drug-likeness (QED) is 0.126. The average Bonchev–Trinajstić information content (AvgIpc) is 3.73. The van der Waals surface area contributed by atoms with E-state index < -0.39 is 0 Å². The molecule has 0 N–H and O–H groups in total. The molecule has 0 saturated carbocycles. The molecular formula is C54H34N2O. The van der Waals surface area contributed by atoms with Crippen LogP contribution in [-0.2, 0) is 0 Å². The number of para-hydroxylation sites is 1. The molecule has 266 valence electrons. The number of hydrogen-bond acceptors (Lipinski definition) is 3. The molecule has 3 nitrogen and oxygen atoms in total. The molecule has 11 rings (SSSR count). The third-order valence-electron chi connectivity index (χ3n) is 11.1. The maximum atomic E-state index is 6.25. The van der Waals surface area contributed by atoms with Crippen LogP contribution in [0.5, 0.6) is 0 Å². The first kappa shape index (κ1) is 32.8. The summed E-state index contributed by atoms with van der Waals surface area (Å²) < 4.78 is 6.25. The summed E-state index contributed by atoms with van der Waals surface area (Å²) in [6, 6.07) is 72.8. The first-order valence-corrected chi connectivity index (χ1v) is 19.3. The van der Waals surface area contributed by atoms with Gasteiger partial charge in [0.05, 0.1) is 11.4 Å². The molecular weight excluding hydrogens is 693 g/mol. The van der Waals surface area contributed by atoms with Crippen LogP contribution in [-0.4, -0.2) is 9.97 Å². The Balaban J connectivity index is 1.07. The number of hydrogen-bond donors (Lipinski definition) is 0. The number of aromatic nitrogens is 2. The van der Waals surface area contributed by atoms with Crippen molar-refractivity contribution < 1.29 is 4.42 Å². The molecule has 2 aromatic heterocycles. The van der Waals surface area contributed by atoms with E-state index in [2.05, 4.69) is 170 Å². The van der Waals surface area contributed by atoms with Crippen molar-refractivity contribution in [2.45, 2.75) is 0 Å². The SMILES string of the molecule is c1ccc(-c2nc(-c3ccc(-c4c5ccccc5c(-c5ccccc5)c5c4ccc4ccccc45)cc3)cc(-c3cccc(-c4cc5ccccc5o4)c3)n2)cc1. The van der Waals surface area contributed by atoms with Crippen LogP contribution in [0.15, 0.2) is 211 Å². The van der Waals surface area contributed by atoms with Gasteiger partial charge in [0.25, 0.3) is 0 Å². The first-order valence-electron chi connectivity index (χ1n) is 19.3. The summed E-state index contributed by atoms with van der Waals surface area (Å²) in [5, 5.41) is 8.54. The molecule has 0 aliphatic heterocycles. The molecule has 0 unspecified atom stereocenters. The molecule has 0 bridgehead atoms. The van der Waals surface area contributed by atoms with Crippen molar-refractivity contribution in [1.82, 2.24) is 9.97 Å². The second-order valence-electron chi connectivity index (χ2n) is 14.5. The van der Waals surface area contributed by atoms with E-state index in [0.29, 0.717) is 5.82 Å². The fourth-order valence-electron chi connectivity index (χ4n) is 8.39. The van der Waals surface area contributed by atoms with Gasteiger partial charge in [0.1, 0.15) is 11.3 Å². The van der Waals surface area contributed by atoms with E-state index >= 15 is 0 Å². The monoisotopic (exact) mass is 726 g/mol. The summed E-state index contributed by atoms with van der Waals surface area (Å²) in [4.78, 5) is 10.3. The van der Waals surface area contributed by atoms with E-state index in [1.165, 1.54) is 49.0 Å². The molecule has 2 heterocycles.